The summed E-state index contributed by atoms with van der Waals surface area (Å²) < 4.78 is 26.9. The highest BCUT2D eigenvalue weighted by molar-refractivity contribution is 7.89. The van der Waals surface area contributed by atoms with Crippen LogP contribution in [0.25, 0.3) is 0 Å². The summed E-state index contributed by atoms with van der Waals surface area (Å²) in [4.78, 5) is 2.38. The number of rotatable bonds is 4. The monoisotopic (exact) mass is 313 g/mol. The molecule has 0 unspecified atom stereocenters. The van der Waals surface area contributed by atoms with Crippen LogP contribution < -0.4 is 5.73 Å². The number of anilines is 1. The Morgan fingerprint density at radius 1 is 1.24 bits per heavy atom. The average molecular weight is 313 g/mol. The van der Waals surface area contributed by atoms with Crippen molar-refractivity contribution in [2.75, 3.05) is 45.1 Å². The molecular formula is C14H23N3O3S. The minimum absolute atomic E-state index is 0.101. The Morgan fingerprint density at radius 2 is 2.00 bits per heavy atom. The molecule has 118 valence electrons. The maximum absolute atomic E-state index is 12.7. The molecule has 1 aromatic carbocycles. The highest BCUT2D eigenvalue weighted by atomic mass is 32.2. The molecule has 0 saturated carbocycles. The van der Waals surface area contributed by atoms with E-state index in [9.17, 15) is 8.42 Å². The van der Waals surface area contributed by atoms with Crippen LogP contribution in [0.3, 0.4) is 0 Å². The molecular weight excluding hydrogens is 290 g/mol. The minimum Gasteiger partial charge on any atom is -0.399 e. The summed E-state index contributed by atoms with van der Waals surface area (Å²) in [5, 5.41) is 8.99. The van der Waals surface area contributed by atoms with E-state index in [0.29, 0.717) is 36.8 Å². The van der Waals surface area contributed by atoms with E-state index in [1.54, 1.807) is 25.1 Å². The number of sulfonamides is 1. The topological polar surface area (TPSA) is 86.9 Å². The van der Waals surface area contributed by atoms with Gasteiger partial charge in [-0.1, -0.05) is 0 Å². The number of hydrogen-bond acceptors (Lipinski definition) is 5. The van der Waals surface area contributed by atoms with Gasteiger partial charge in [-0.3, -0.25) is 4.90 Å². The van der Waals surface area contributed by atoms with Crippen LogP contribution in [0.1, 0.15) is 12.0 Å². The molecule has 3 N–H and O–H groups in total. The summed E-state index contributed by atoms with van der Waals surface area (Å²) in [5.41, 5.74) is 7.12. The third-order valence-electron chi connectivity index (χ3n) is 3.84. The normalized spacial score (nSPS) is 18.6. The standard InChI is InChI=1S/C14H23N3O3S/c1-12-11-13(3-4-14(12)15)21(19,20)17-6-2-5-16(7-8-17)9-10-18/h3-4,11,18H,2,5-10,15H2,1H3. The molecule has 0 spiro atoms. The molecule has 1 heterocycles. The second kappa shape index (κ2) is 6.74. The maximum atomic E-state index is 12.7. The van der Waals surface area contributed by atoms with E-state index in [1.807, 2.05) is 0 Å². The van der Waals surface area contributed by atoms with Crippen LogP contribution in [-0.4, -0.2) is 62.1 Å². The minimum atomic E-state index is -3.47. The van der Waals surface area contributed by atoms with Crippen LogP contribution >= 0.6 is 0 Å². The van der Waals surface area contributed by atoms with E-state index >= 15 is 0 Å². The molecule has 0 bridgehead atoms. The molecule has 0 amide bonds. The van der Waals surface area contributed by atoms with Crippen molar-refractivity contribution in [1.82, 2.24) is 9.21 Å². The number of benzene rings is 1. The third-order valence-corrected chi connectivity index (χ3v) is 5.74. The molecule has 1 aliphatic heterocycles. The smallest absolute Gasteiger partial charge is 0.243 e. The van der Waals surface area contributed by atoms with E-state index in [0.717, 1.165) is 18.5 Å². The van der Waals surface area contributed by atoms with Gasteiger partial charge < -0.3 is 10.8 Å². The van der Waals surface area contributed by atoms with Crippen molar-refractivity contribution in [3.63, 3.8) is 0 Å². The summed E-state index contributed by atoms with van der Waals surface area (Å²) in [5.74, 6) is 0. The Morgan fingerprint density at radius 3 is 2.67 bits per heavy atom. The molecule has 6 nitrogen and oxygen atoms in total. The Kier molecular flexibility index (Phi) is 5.21. The fourth-order valence-electron chi connectivity index (χ4n) is 2.51. The molecule has 7 heteroatoms. The zero-order valence-electron chi connectivity index (χ0n) is 12.3. The Balaban J connectivity index is 2.17. The van der Waals surface area contributed by atoms with Gasteiger partial charge in [-0.2, -0.15) is 4.31 Å². The number of aliphatic hydroxyl groups is 1. The van der Waals surface area contributed by atoms with Crippen molar-refractivity contribution in [3.8, 4) is 0 Å². The maximum Gasteiger partial charge on any atom is 0.243 e. The molecule has 1 fully saturated rings. The van der Waals surface area contributed by atoms with Gasteiger partial charge in [-0.25, -0.2) is 8.42 Å². The lowest BCUT2D eigenvalue weighted by Crippen LogP contribution is -2.36. The van der Waals surface area contributed by atoms with Gasteiger partial charge in [0.1, 0.15) is 0 Å². The second-order valence-electron chi connectivity index (χ2n) is 5.34. The van der Waals surface area contributed by atoms with Gasteiger partial charge in [0.15, 0.2) is 0 Å². The SMILES string of the molecule is Cc1cc(S(=O)(=O)N2CCCN(CCO)CC2)ccc1N. The van der Waals surface area contributed by atoms with Crippen molar-refractivity contribution in [3.05, 3.63) is 23.8 Å². The van der Waals surface area contributed by atoms with Gasteiger partial charge in [-0.15, -0.1) is 0 Å². The molecule has 2 rings (SSSR count). The van der Waals surface area contributed by atoms with Crippen LogP contribution in [0.2, 0.25) is 0 Å². The van der Waals surface area contributed by atoms with Crippen molar-refractivity contribution in [2.45, 2.75) is 18.2 Å². The van der Waals surface area contributed by atoms with E-state index in [1.165, 1.54) is 4.31 Å². The molecule has 0 atom stereocenters. The van der Waals surface area contributed by atoms with E-state index in [4.69, 9.17) is 10.8 Å². The van der Waals surface area contributed by atoms with E-state index in [2.05, 4.69) is 4.90 Å². The predicted octanol–water partition coefficient (Wildman–Crippen LogP) is 0.266. The van der Waals surface area contributed by atoms with E-state index < -0.39 is 10.0 Å². The second-order valence-corrected chi connectivity index (χ2v) is 7.28. The lowest BCUT2D eigenvalue weighted by Gasteiger charge is -2.21. The first-order valence-corrected chi connectivity index (χ1v) is 8.58. The van der Waals surface area contributed by atoms with Gasteiger partial charge in [0, 0.05) is 31.9 Å². The zero-order valence-corrected chi connectivity index (χ0v) is 13.1. The first kappa shape index (κ1) is 16.2. The van der Waals surface area contributed by atoms with Crippen molar-refractivity contribution in [1.29, 1.82) is 0 Å². The number of β-amino-alcohol motifs (C(OH)–C–C–N with tert-alkyl or cyclic N) is 1. The molecule has 0 aromatic heterocycles. The fourth-order valence-corrected chi connectivity index (χ4v) is 4.07. The van der Waals surface area contributed by atoms with Gasteiger partial charge in [-0.05, 0) is 43.7 Å². The van der Waals surface area contributed by atoms with Gasteiger partial charge in [0.2, 0.25) is 10.0 Å². The molecule has 21 heavy (non-hydrogen) atoms. The lowest BCUT2D eigenvalue weighted by atomic mass is 10.2. The summed E-state index contributed by atoms with van der Waals surface area (Å²) in [7, 11) is -3.47. The molecule has 1 aromatic rings. The average Bonchev–Trinajstić information content (AvgIpc) is 2.68. The first-order valence-electron chi connectivity index (χ1n) is 7.14. The number of aryl methyl sites for hydroxylation is 1. The van der Waals surface area contributed by atoms with Crippen LogP contribution in [-0.2, 0) is 10.0 Å². The van der Waals surface area contributed by atoms with Crippen molar-refractivity contribution in [2.24, 2.45) is 0 Å². The number of hydrogen-bond donors (Lipinski definition) is 2. The summed E-state index contributed by atoms with van der Waals surface area (Å²) in [6.45, 7) is 4.92. The molecule has 1 saturated heterocycles. The number of nitrogens with zero attached hydrogens (tertiary/aromatic N) is 2. The third kappa shape index (κ3) is 3.74. The molecule has 0 radical (unpaired) electrons. The lowest BCUT2D eigenvalue weighted by molar-refractivity contribution is 0.202. The highest BCUT2D eigenvalue weighted by Gasteiger charge is 2.26. The van der Waals surface area contributed by atoms with Crippen molar-refractivity contribution >= 4 is 15.7 Å². The molecule has 0 aliphatic carbocycles. The molecule has 1 aliphatic rings. The van der Waals surface area contributed by atoms with Crippen LogP contribution in [0.15, 0.2) is 23.1 Å². The van der Waals surface area contributed by atoms with E-state index in [-0.39, 0.29) is 6.61 Å². The van der Waals surface area contributed by atoms with Gasteiger partial charge in [0.05, 0.1) is 11.5 Å². The van der Waals surface area contributed by atoms with Crippen LogP contribution in [0.4, 0.5) is 5.69 Å². The van der Waals surface area contributed by atoms with Crippen LogP contribution in [0.5, 0.6) is 0 Å². The number of nitrogen functional groups attached to an aromatic ring is 1. The Hall–Kier alpha value is -1.15. The summed E-state index contributed by atoms with van der Waals surface area (Å²) in [6, 6.07) is 4.83. The quantitative estimate of drug-likeness (QED) is 0.779. The number of nitrogens with two attached hydrogens (primary N) is 1. The Labute approximate surface area is 126 Å². The summed E-state index contributed by atoms with van der Waals surface area (Å²) in [6.07, 6.45) is 0.771. The predicted molar refractivity (Wildman–Crippen MR) is 82.5 cm³/mol. The number of aliphatic hydroxyl groups excluding tert-OH is 1. The Bertz CT molecular complexity index is 589. The fraction of sp³-hybridized carbons (Fsp3) is 0.571. The van der Waals surface area contributed by atoms with Crippen molar-refractivity contribution < 1.29 is 13.5 Å². The highest BCUT2D eigenvalue weighted by Crippen LogP contribution is 2.21. The first-order chi connectivity index (χ1) is 9.95. The zero-order chi connectivity index (χ0) is 15.5. The largest absolute Gasteiger partial charge is 0.399 e. The van der Waals surface area contributed by atoms with Gasteiger partial charge >= 0.3 is 0 Å². The van der Waals surface area contributed by atoms with Gasteiger partial charge in [0.25, 0.3) is 0 Å². The summed E-state index contributed by atoms with van der Waals surface area (Å²) >= 11 is 0. The van der Waals surface area contributed by atoms with Crippen LogP contribution in [0, 0.1) is 6.92 Å².